The first-order valence-electron chi connectivity index (χ1n) is 7.88. The second kappa shape index (κ2) is 6.18. The van der Waals surface area contributed by atoms with E-state index in [2.05, 4.69) is 57.0 Å². The lowest BCUT2D eigenvalue weighted by atomic mass is 9.74. The molecule has 0 bridgehead atoms. The zero-order valence-corrected chi connectivity index (χ0v) is 13.8. The number of hydrogen-bond donors (Lipinski definition) is 0. The summed E-state index contributed by atoms with van der Waals surface area (Å²) in [6, 6.07) is 8.80. The molecule has 3 heteroatoms. The zero-order chi connectivity index (χ0) is 15.6. The van der Waals surface area contributed by atoms with Gasteiger partial charge in [-0.15, -0.1) is 0 Å². The average molecular weight is 289 g/mol. The summed E-state index contributed by atoms with van der Waals surface area (Å²) >= 11 is 0. The Morgan fingerprint density at radius 3 is 2.76 bits per heavy atom. The predicted octanol–water partition coefficient (Wildman–Crippen LogP) is 3.50. The quantitative estimate of drug-likeness (QED) is 0.798. The number of likely N-dealkylation sites (tertiary alicyclic amines) is 1. The van der Waals surface area contributed by atoms with Crippen LogP contribution >= 0.6 is 0 Å². The van der Waals surface area contributed by atoms with E-state index in [4.69, 9.17) is 4.74 Å². The van der Waals surface area contributed by atoms with Gasteiger partial charge in [0.25, 0.3) is 0 Å². The van der Waals surface area contributed by atoms with Crippen molar-refractivity contribution < 1.29 is 9.53 Å². The molecule has 1 saturated heterocycles. The van der Waals surface area contributed by atoms with E-state index in [1.165, 1.54) is 5.56 Å². The van der Waals surface area contributed by atoms with Crippen LogP contribution in [0.25, 0.3) is 0 Å². The van der Waals surface area contributed by atoms with Gasteiger partial charge < -0.3 is 9.64 Å². The number of carbonyl (C=O) groups excluding carboxylic acids is 1. The minimum atomic E-state index is -0.495. The lowest BCUT2D eigenvalue weighted by Crippen LogP contribution is -2.53. The Bertz CT molecular complexity index is 514. The number of esters is 1. The Labute approximate surface area is 128 Å². The number of piperidine rings is 1. The summed E-state index contributed by atoms with van der Waals surface area (Å²) in [5.74, 6) is 0.163. The van der Waals surface area contributed by atoms with Gasteiger partial charge in [-0.25, -0.2) is 0 Å². The highest BCUT2D eigenvalue weighted by molar-refractivity contribution is 5.69. The van der Waals surface area contributed by atoms with Crippen molar-refractivity contribution in [3.05, 3.63) is 35.4 Å². The number of benzene rings is 1. The first-order valence-corrected chi connectivity index (χ1v) is 7.88. The second-order valence-electron chi connectivity index (χ2n) is 6.48. The summed E-state index contributed by atoms with van der Waals surface area (Å²) in [6.07, 6.45) is 1.27. The van der Waals surface area contributed by atoms with E-state index in [1.54, 1.807) is 0 Å². The molecule has 0 aromatic heterocycles. The Morgan fingerprint density at radius 2 is 2.14 bits per heavy atom. The van der Waals surface area contributed by atoms with Gasteiger partial charge >= 0.3 is 5.97 Å². The Morgan fingerprint density at radius 1 is 1.43 bits per heavy atom. The Kier molecular flexibility index (Phi) is 4.72. The number of nitrogens with zero attached hydrogens (tertiary/aromatic N) is 1. The van der Waals surface area contributed by atoms with Gasteiger partial charge in [0.05, 0.1) is 0 Å². The molecule has 1 aliphatic heterocycles. The third kappa shape index (κ3) is 3.13. The standard InChI is InChI=1S/C18H27NO2/c1-6-17(20)21-18(16-9-7-8-13(2)10-16)11-15(4)19(5)12-14(18)3/h7-10,14-15H,6,11-12H2,1-5H3/t14-,15-,18-/m0/s1. The highest BCUT2D eigenvalue weighted by atomic mass is 16.6. The summed E-state index contributed by atoms with van der Waals surface area (Å²) in [6.45, 7) is 9.27. The number of rotatable bonds is 3. The van der Waals surface area contributed by atoms with E-state index in [0.717, 1.165) is 18.5 Å². The third-order valence-corrected chi connectivity index (χ3v) is 4.80. The maximum Gasteiger partial charge on any atom is 0.306 e. The Hall–Kier alpha value is -1.35. The first kappa shape index (κ1) is 16.0. The SMILES string of the molecule is CCC(=O)O[C@@]1(c2cccc(C)c2)C[C@H](C)N(C)C[C@@H]1C. The van der Waals surface area contributed by atoms with Crippen molar-refractivity contribution >= 4 is 5.97 Å². The summed E-state index contributed by atoms with van der Waals surface area (Å²) in [5, 5.41) is 0. The molecule has 0 spiro atoms. The summed E-state index contributed by atoms with van der Waals surface area (Å²) in [7, 11) is 2.14. The monoisotopic (exact) mass is 289 g/mol. The molecule has 1 aliphatic rings. The highest BCUT2D eigenvalue weighted by Crippen LogP contribution is 2.43. The average Bonchev–Trinajstić information content (AvgIpc) is 2.44. The Balaban J connectivity index is 2.46. The minimum Gasteiger partial charge on any atom is -0.454 e. The molecule has 1 aromatic carbocycles. The zero-order valence-electron chi connectivity index (χ0n) is 13.8. The van der Waals surface area contributed by atoms with Crippen LogP contribution in [0.15, 0.2) is 24.3 Å². The lowest BCUT2D eigenvalue weighted by molar-refractivity contribution is -0.177. The molecular weight excluding hydrogens is 262 g/mol. The molecule has 0 N–H and O–H groups in total. The minimum absolute atomic E-state index is 0.111. The smallest absolute Gasteiger partial charge is 0.306 e. The fourth-order valence-electron chi connectivity index (χ4n) is 3.34. The van der Waals surface area contributed by atoms with Crippen LogP contribution in [0.4, 0.5) is 0 Å². The molecule has 0 aliphatic carbocycles. The lowest BCUT2D eigenvalue weighted by Gasteiger charge is -2.48. The number of carbonyl (C=O) groups is 1. The van der Waals surface area contributed by atoms with E-state index in [-0.39, 0.29) is 11.9 Å². The predicted molar refractivity (Wildman–Crippen MR) is 85.1 cm³/mol. The van der Waals surface area contributed by atoms with Crippen molar-refractivity contribution in [3.63, 3.8) is 0 Å². The van der Waals surface area contributed by atoms with Crippen LogP contribution in [-0.2, 0) is 15.1 Å². The van der Waals surface area contributed by atoms with Gasteiger partial charge in [0, 0.05) is 31.3 Å². The van der Waals surface area contributed by atoms with Crippen molar-refractivity contribution in [2.24, 2.45) is 5.92 Å². The van der Waals surface area contributed by atoms with Gasteiger partial charge in [-0.05, 0) is 26.5 Å². The molecule has 1 heterocycles. The number of ether oxygens (including phenoxy) is 1. The van der Waals surface area contributed by atoms with Crippen LogP contribution in [0, 0.1) is 12.8 Å². The first-order chi connectivity index (χ1) is 9.89. The molecule has 3 nitrogen and oxygen atoms in total. The number of aryl methyl sites for hydroxylation is 1. The molecule has 2 rings (SSSR count). The normalized spacial score (nSPS) is 30.1. The molecule has 21 heavy (non-hydrogen) atoms. The van der Waals surface area contributed by atoms with Gasteiger partial charge in [0.2, 0.25) is 0 Å². The fourth-order valence-corrected chi connectivity index (χ4v) is 3.34. The molecule has 0 unspecified atom stereocenters. The molecular formula is C18H27NO2. The van der Waals surface area contributed by atoms with Gasteiger partial charge in [-0.1, -0.05) is 43.7 Å². The van der Waals surface area contributed by atoms with Crippen molar-refractivity contribution in [2.75, 3.05) is 13.6 Å². The van der Waals surface area contributed by atoms with Crippen molar-refractivity contribution in [2.45, 2.75) is 52.2 Å². The van der Waals surface area contributed by atoms with Crippen LogP contribution in [0.5, 0.6) is 0 Å². The summed E-state index contributed by atoms with van der Waals surface area (Å²) in [4.78, 5) is 14.4. The molecule has 116 valence electrons. The maximum absolute atomic E-state index is 12.0. The highest BCUT2D eigenvalue weighted by Gasteiger charge is 2.47. The summed E-state index contributed by atoms with van der Waals surface area (Å²) in [5.41, 5.74) is 1.85. The van der Waals surface area contributed by atoms with Crippen molar-refractivity contribution in [1.82, 2.24) is 4.90 Å². The topological polar surface area (TPSA) is 29.5 Å². The van der Waals surface area contributed by atoms with Crippen LogP contribution in [0.2, 0.25) is 0 Å². The van der Waals surface area contributed by atoms with E-state index in [9.17, 15) is 4.79 Å². The fraction of sp³-hybridized carbons (Fsp3) is 0.611. The van der Waals surface area contributed by atoms with E-state index < -0.39 is 5.60 Å². The molecule has 0 radical (unpaired) electrons. The van der Waals surface area contributed by atoms with Gasteiger partial charge in [0.1, 0.15) is 5.60 Å². The van der Waals surface area contributed by atoms with Gasteiger partial charge in [-0.2, -0.15) is 0 Å². The molecule has 0 saturated carbocycles. The van der Waals surface area contributed by atoms with Crippen LogP contribution in [0.3, 0.4) is 0 Å². The largest absolute Gasteiger partial charge is 0.454 e. The van der Waals surface area contributed by atoms with E-state index >= 15 is 0 Å². The van der Waals surface area contributed by atoms with Gasteiger partial charge in [-0.3, -0.25) is 4.79 Å². The van der Waals surface area contributed by atoms with Crippen LogP contribution in [-0.4, -0.2) is 30.5 Å². The second-order valence-corrected chi connectivity index (χ2v) is 6.48. The molecule has 1 fully saturated rings. The summed E-state index contributed by atoms with van der Waals surface area (Å²) < 4.78 is 6.03. The van der Waals surface area contributed by atoms with Crippen LogP contribution < -0.4 is 0 Å². The number of hydrogen-bond acceptors (Lipinski definition) is 3. The molecule has 1 aromatic rings. The van der Waals surface area contributed by atoms with Gasteiger partial charge in [0.15, 0.2) is 0 Å². The maximum atomic E-state index is 12.0. The van der Waals surface area contributed by atoms with E-state index in [1.807, 2.05) is 6.92 Å². The van der Waals surface area contributed by atoms with Crippen molar-refractivity contribution in [3.8, 4) is 0 Å². The van der Waals surface area contributed by atoms with Crippen LogP contribution in [0.1, 0.15) is 44.7 Å². The molecule has 3 atom stereocenters. The molecule has 0 amide bonds. The third-order valence-electron chi connectivity index (χ3n) is 4.80. The van der Waals surface area contributed by atoms with E-state index in [0.29, 0.717) is 12.5 Å². The van der Waals surface area contributed by atoms with Crippen molar-refractivity contribution in [1.29, 1.82) is 0 Å².